The van der Waals surface area contributed by atoms with E-state index in [1.54, 1.807) is 7.11 Å². The summed E-state index contributed by atoms with van der Waals surface area (Å²) in [6.45, 7) is 8.48. The molecule has 0 bridgehead atoms. The zero-order chi connectivity index (χ0) is 15.8. The lowest BCUT2D eigenvalue weighted by Gasteiger charge is -2.28. The van der Waals surface area contributed by atoms with E-state index in [9.17, 15) is 0 Å². The lowest BCUT2D eigenvalue weighted by molar-refractivity contribution is 0.300. The molecule has 0 saturated carbocycles. The molecule has 1 aromatic carbocycles. The van der Waals surface area contributed by atoms with Gasteiger partial charge in [-0.15, -0.1) is 0 Å². The van der Waals surface area contributed by atoms with Gasteiger partial charge in [-0.05, 0) is 43.5 Å². The van der Waals surface area contributed by atoms with Crippen molar-refractivity contribution in [3.05, 3.63) is 27.7 Å². The third-order valence-electron chi connectivity index (χ3n) is 4.42. The quantitative estimate of drug-likeness (QED) is 0.898. The molecule has 118 valence electrons. The topological polar surface area (TPSA) is 38.5 Å². The van der Waals surface area contributed by atoms with E-state index in [1.165, 1.54) is 11.1 Å². The molecule has 4 heteroatoms. The molecule has 0 aliphatic carbocycles. The van der Waals surface area contributed by atoms with Crippen molar-refractivity contribution in [2.45, 2.75) is 38.6 Å². The minimum Gasteiger partial charge on any atom is -0.496 e. The molecule has 2 atom stereocenters. The third kappa shape index (κ3) is 3.43. The molecule has 1 fully saturated rings. The van der Waals surface area contributed by atoms with Crippen LogP contribution in [0.25, 0.3) is 0 Å². The standard InChI is InChI=1S/C17H27BrN2O/c1-17(2,3)14-8-12(18)7-13(16(14)21-5)15-6-11(9-19)10-20(15)4/h7-8,11,15H,6,9-10,19H2,1-5H3. The number of nitrogens with zero attached hydrogens (tertiary/aromatic N) is 1. The van der Waals surface area contributed by atoms with Crippen LogP contribution in [-0.2, 0) is 5.41 Å². The molecule has 0 amide bonds. The second kappa shape index (κ2) is 6.27. The van der Waals surface area contributed by atoms with Crippen LogP contribution < -0.4 is 10.5 Å². The van der Waals surface area contributed by atoms with Crippen LogP contribution in [0, 0.1) is 5.92 Å². The molecule has 1 aromatic rings. The summed E-state index contributed by atoms with van der Waals surface area (Å²) in [5, 5.41) is 0. The number of hydrogen-bond donors (Lipinski definition) is 1. The van der Waals surface area contributed by atoms with Gasteiger partial charge in [0.05, 0.1) is 7.11 Å². The van der Waals surface area contributed by atoms with Gasteiger partial charge < -0.3 is 10.5 Å². The summed E-state index contributed by atoms with van der Waals surface area (Å²) < 4.78 is 6.93. The highest BCUT2D eigenvalue weighted by molar-refractivity contribution is 9.10. The molecule has 0 spiro atoms. The predicted octanol–water partition coefficient (Wildman–Crippen LogP) is 3.71. The van der Waals surface area contributed by atoms with Crippen LogP contribution in [0.2, 0.25) is 0 Å². The fourth-order valence-electron chi connectivity index (χ4n) is 3.29. The van der Waals surface area contributed by atoms with Crippen LogP contribution in [0.3, 0.4) is 0 Å². The van der Waals surface area contributed by atoms with Crippen molar-refractivity contribution < 1.29 is 4.74 Å². The highest BCUT2D eigenvalue weighted by atomic mass is 79.9. The normalized spacial score (nSPS) is 23.6. The van der Waals surface area contributed by atoms with Gasteiger partial charge in [0.25, 0.3) is 0 Å². The molecule has 3 nitrogen and oxygen atoms in total. The predicted molar refractivity (Wildman–Crippen MR) is 91.9 cm³/mol. The summed E-state index contributed by atoms with van der Waals surface area (Å²) in [7, 11) is 3.95. The smallest absolute Gasteiger partial charge is 0.127 e. The van der Waals surface area contributed by atoms with Crippen molar-refractivity contribution in [3.8, 4) is 5.75 Å². The number of hydrogen-bond acceptors (Lipinski definition) is 3. The number of methoxy groups -OCH3 is 1. The van der Waals surface area contributed by atoms with Gasteiger partial charge in [-0.2, -0.15) is 0 Å². The Morgan fingerprint density at radius 3 is 2.52 bits per heavy atom. The van der Waals surface area contributed by atoms with Crippen molar-refractivity contribution in [1.82, 2.24) is 4.90 Å². The van der Waals surface area contributed by atoms with Crippen LogP contribution in [0.5, 0.6) is 5.75 Å². The summed E-state index contributed by atoms with van der Waals surface area (Å²) in [4.78, 5) is 2.40. The maximum absolute atomic E-state index is 5.87. The van der Waals surface area contributed by atoms with E-state index < -0.39 is 0 Å². The van der Waals surface area contributed by atoms with E-state index in [0.29, 0.717) is 12.0 Å². The fourth-order valence-corrected chi connectivity index (χ4v) is 3.76. The van der Waals surface area contributed by atoms with Crippen molar-refractivity contribution in [2.24, 2.45) is 11.7 Å². The minimum absolute atomic E-state index is 0.0499. The maximum Gasteiger partial charge on any atom is 0.127 e. The molecule has 2 rings (SSSR count). The number of ether oxygens (including phenoxy) is 1. The Labute approximate surface area is 137 Å². The van der Waals surface area contributed by atoms with Crippen LogP contribution in [0.4, 0.5) is 0 Å². The number of rotatable bonds is 3. The SMILES string of the molecule is COc1c(C2CC(CN)CN2C)cc(Br)cc1C(C)(C)C. The monoisotopic (exact) mass is 354 g/mol. The zero-order valence-corrected chi connectivity index (χ0v) is 15.3. The summed E-state index contributed by atoms with van der Waals surface area (Å²) in [6, 6.07) is 4.76. The number of halogens is 1. The van der Waals surface area contributed by atoms with Gasteiger partial charge >= 0.3 is 0 Å². The first-order valence-electron chi connectivity index (χ1n) is 7.56. The van der Waals surface area contributed by atoms with E-state index in [2.05, 4.69) is 60.8 Å². The van der Waals surface area contributed by atoms with Crippen molar-refractivity contribution in [2.75, 3.05) is 27.2 Å². The lowest BCUT2D eigenvalue weighted by Crippen LogP contribution is -2.22. The maximum atomic E-state index is 5.87. The molecule has 21 heavy (non-hydrogen) atoms. The molecule has 1 aliphatic rings. The Morgan fingerprint density at radius 2 is 2.05 bits per heavy atom. The van der Waals surface area contributed by atoms with Crippen molar-refractivity contribution >= 4 is 15.9 Å². The van der Waals surface area contributed by atoms with Crippen molar-refractivity contribution in [1.29, 1.82) is 0 Å². The number of likely N-dealkylation sites (tertiary alicyclic amines) is 1. The number of benzene rings is 1. The van der Waals surface area contributed by atoms with Crippen LogP contribution in [-0.4, -0.2) is 32.1 Å². The lowest BCUT2D eigenvalue weighted by atomic mass is 9.84. The molecule has 1 aliphatic heterocycles. The first kappa shape index (κ1) is 16.8. The largest absolute Gasteiger partial charge is 0.496 e. The van der Waals surface area contributed by atoms with Gasteiger partial charge in [0.1, 0.15) is 5.75 Å². The third-order valence-corrected chi connectivity index (χ3v) is 4.88. The molecular weight excluding hydrogens is 328 g/mol. The molecule has 0 aromatic heterocycles. The van der Waals surface area contributed by atoms with Crippen LogP contribution in [0.15, 0.2) is 16.6 Å². The summed E-state index contributed by atoms with van der Waals surface area (Å²) >= 11 is 3.67. The van der Waals surface area contributed by atoms with Crippen LogP contribution >= 0.6 is 15.9 Å². The van der Waals surface area contributed by atoms with E-state index in [4.69, 9.17) is 10.5 Å². The van der Waals surface area contributed by atoms with Gasteiger partial charge in [0.15, 0.2) is 0 Å². The Kier molecular flexibility index (Phi) is 5.01. The van der Waals surface area contributed by atoms with E-state index in [1.807, 2.05) is 0 Å². The first-order chi connectivity index (χ1) is 9.77. The molecule has 2 unspecified atom stereocenters. The van der Waals surface area contributed by atoms with E-state index in [-0.39, 0.29) is 5.41 Å². The summed E-state index contributed by atoms with van der Waals surface area (Å²) in [5.41, 5.74) is 8.44. The van der Waals surface area contributed by atoms with Gasteiger partial charge in [-0.1, -0.05) is 36.7 Å². The van der Waals surface area contributed by atoms with Gasteiger partial charge in [0.2, 0.25) is 0 Å². The van der Waals surface area contributed by atoms with Crippen LogP contribution in [0.1, 0.15) is 44.4 Å². The second-order valence-electron chi connectivity index (χ2n) is 7.12. The Balaban J connectivity index is 2.51. The Morgan fingerprint density at radius 1 is 1.38 bits per heavy atom. The van der Waals surface area contributed by atoms with E-state index >= 15 is 0 Å². The Hall–Kier alpha value is -0.580. The van der Waals surface area contributed by atoms with Gasteiger partial charge in [0, 0.05) is 28.2 Å². The highest BCUT2D eigenvalue weighted by Gasteiger charge is 2.33. The molecule has 0 radical (unpaired) electrons. The average molecular weight is 355 g/mol. The molecule has 2 N–H and O–H groups in total. The summed E-state index contributed by atoms with van der Waals surface area (Å²) in [6.07, 6.45) is 1.10. The number of nitrogens with two attached hydrogens (primary N) is 1. The molecule has 1 saturated heterocycles. The fraction of sp³-hybridized carbons (Fsp3) is 0.647. The Bertz CT molecular complexity index is 510. The van der Waals surface area contributed by atoms with Gasteiger partial charge in [-0.3, -0.25) is 4.90 Å². The van der Waals surface area contributed by atoms with Crippen molar-refractivity contribution in [3.63, 3.8) is 0 Å². The first-order valence-corrected chi connectivity index (χ1v) is 8.35. The average Bonchev–Trinajstić information content (AvgIpc) is 2.78. The second-order valence-corrected chi connectivity index (χ2v) is 8.03. The van der Waals surface area contributed by atoms with Gasteiger partial charge in [-0.25, -0.2) is 0 Å². The highest BCUT2D eigenvalue weighted by Crippen LogP contribution is 2.44. The van der Waals surface area contributed by atoms with E-state index in [0.717, 1.165) is 29.7 Å². The molecular formula is C17H27BrN2O. The minimum atomic E-state index is 0.0499. The zero-order valence-electron chi connectivity index (χ0n) is 13.7. The summed E-state index contributed by atoms with van der Waals surface area (Å²) in [5.74, 6) is 1.60. The molecule has 1 heterocycles.